The standard InChI is InChI=1S/C21H30N2O6/c1-7-10-22-11-15-17(14(12-25-2)18(23-15)21(24)29-6)13-8-9-16(26-3)20(28-5)19(13)27-4/h8-9,22-23H,7,10-12H2,1-6H3. The zero-order chi connectivity index (χ0) is 21.4. The molecule has 0 aliphatic heterocycles. The van der Waals surface area contributed by atoms with Crippen LogP contribution in [0.4, 0.5) is 0 Å². The summed E-state index contributed by atoms with van der Waals surface area (Å²) in [5.74, 6) is 1.08. The van der Waals surface area contributed by atoms with Crippen LogP contribution in [0.5, 0.6) is 17.2 Å². The number of hydrogen-bond acceptors (Lipinski definition) is 7. The molecule has 1 aromatic heterocycles. The lowest BCUT2D eigenvalue weighted by Crippen LogP contribution is -2.15. The highest BCUT2D eigenvalue weighted by Gasteiger charge is 2.27. The molecular weight excluding hydrogens is 376 g/mol. The number of carbonyl (C=O) groups excluding carboxylic acids is 1. The van der Waals surface area contributed by atoms with Crippen molar-refractivity contribution in [1.29, 1.82) is 0 Å². The van der Waals surface area contributed by atoms with Gasteiger partial charge in [-0.1, -0.05) is 6.92 Å². The Bertz CT molecular complexity index is 831. The SMILES string of the molecule is CCCNCc1[nH]c(C(=O)OC)c(COC)c1-c1ccc(OC)c(OC)c1OC. The quantitative estimate of drug-likeness (QED) is 0.438. The Morgan fingerprint density at radius 1 is 1.03 bits per heavy atom. The van der Waals surface area contributed by atoms with Gasteiger partial charge in [0, 0.05) is 36.0 Å². The minimum atomic E-state index is -0.459. The van der Waals surface area contributed by atoms with Gasteiger partial charge in [-0.3, -0.25) is 0 Å². The van der Waals surface area contributed by atoms with Crippen LogP contribution in [-0.2, 0) is 22.6 Å². The zero-order valence-electron chi connectivity index (χ0n) is 17.9. The molecule has 0 bridgehead atoms. The zero-order valence-corrected chi connectivity index (χ0v) is 17.9. The lowest BCUT2D eigenvalue weighted by Gasteiger charge is -2.17. The third-order valence-corrected chi connectivity index (χ3v) is 4.56. The van der Waals surface area contributed by atoms with E-state index in [-0.39, 0.29) is 6.61 Å². The fourth-order valence-corrected chi connectivity index (χ4v) is 3.31. The average Bonchev–Trinajstić information content (AvgIpc) is 3.10. The minimum absolute atomic E-state index is 0.224. The van der Waals surface area contributed by atoms with Crippen molar-refractivity contribution in [3.05, 3.63) is 29.1 Å². The minimum Gasteiger partial charge on any atom is -0.493 e. The van der Waals surface area contributed by atoms with Gasteiger partial charge in [-0.25, -0.2) is 4.79 Å². The Hall–Kier alpha value is -2.71. The Balaban J connectivity index is 2.77. The first-order valence-corrected chi connectivity index (χ1v) is 9.38. The van der Waals surface area contributed by atoms with Gasteiger partial charge >= 0.3 is 5.97 Å². The lowest BCUT2D eigenvalue weighted by molar-refractivity contribution is 0.0589. The molecule has 1 heterocycles. The molecule has 0 spiro atoms. The molecule has 0 radical (unpaired) electrons. The summed E-state index contributed by atoms with van der Waals surface area (Å²) >= 11 is 0. The highest BCUT2D eigenvalue weighted by molar-refractivity contribution is 5.94. The lowest BCUT2D eigenvalue weighted by atomic mass is 9.98. The van der Waals surface area contributed by atoms with E-state index in [0.29, 0.717) is 35.1 Å². The van der Waals surface area contributed by atoms with Gasteiger partial charge in [0.2, 0.25) is 5.75 Å². The monoisotopic (exact) mass is 406 g/mol. The molecule has 0 aliphatic carbocycles. The smallest absolute Gasteiger partial charge is 0.354 e. The molecule has 2 rings (SSSR count). The molecule has 0 aliphatic rings. The van der Waals surface area contributed by atoms with Crippen LogP contribution >= 0.6 is 0 Å². The van der Waals surface area contributed by atoms with E-state index in [9.17, 15) is 4.79 Å². The van der Waals surface area contributed by atoms with Crippen LogP contribution in [0.3, 0.4) is 0 Å². The number of aromatic amines is 1. The van der Waals surface area contributed by atoms with Crippen molar-refractivity contribution < 1.29 is 28.5 Å². The maximum absolute atomic E-state index is 12.4. The molecule has 0 saturated carbocycles. The number of rotatable bonds is 11. The summed E-state index contributed by atoms with van der Waals surface area (Å²) < 4.78 is 27.0. The number of nitrogens with one attached hydrogen (secondary N) is 2. The molecule has 29 heavy (non-hydrogen) atoms. The second kappa shape index (κ2) is 10.7. The molecule has 0 saturated heterocycles. The third-order valence-electron chi connectivity index (χ3n) is 4.56. The summed E-state index contributed by atoms with van der Waals surface area (Å²) in [6.45, 7) is 3.70. The summed E-state index contributed by atoms with van der Waals surface area (Å²) in [6.07, 6.45) is 0.991. The predicted molar refractivity (Wildman–Crippen MR) is 110 cm³/mol. The molecule has 0 amide bonds. The van der Waals surface area contributed by atoms with E-state index < -0.39 is 5.97 Å². The van der Waals surface area contributed by atoms with Gasteiger partial charge in [0.1, 0.15) is 5.69 Å². The number of H-pyrrole nitrogens is 1. The molecule has 0 atom stereocenters. The van der Waals surface area contributed by atoms with Crippen molar-refractivity contribution in [3.63, 3.8) is 0 Å². The number of ether oxygens (including phenoxy) is 5. The van der Waals surface area contributed by atoms with Crippen LogP contribution in [0.2, 0.25) is 0 Å². The van der Waals surface area contributed by atoms with Crippen LogP contribution < -0.4 is 19.5 Å². The van der Waals surface area contributed by atoms with Gasteiger partial charge in [-0.05, 0) is 25.1 Å². The first kappa shape index (κ1) is 22.6. The average molecular weight is 406 g/mol. The molecule has 0 fully saturated rings. The maximum Gasteiger partial charge on any atom is 0.354 e. The van der Waals surface area contributed by atoms with Crippen molar-refractivity contribution in [2.24, 2.45) is 0 Å². The fourth-order valence-electron chi connectivity index (χ4n) is 3.31. The molecule has 2 aromatic rings. The van der Waals surface area contributed by atoms with Crippen LogP contribution in [0.1, 0.15) is 35.1 Å². The predicted octanol–water partition coefficient (Wildman–Crippen LogP) is 3.14. The number of aromatic nitrogens is 1. The van der Waals surface area contributed by atoms with Crippen molar-refractivity contribution in [1.82, 2.24) is 10.3 Å². The van der Waals surface area contributed by atoms with Crippen LogP contribution in [0.15, 0.2) is 12.1 Å². The van der Waals surface area contributed by atoms with Gasteiger partial charge in [0.25, 0.3) is 0 Å². The Labute approximate surface area is 171 Å². The topological polar surface area (TPSA) is 91.0 Å². The molecule has 160 valence electrons. The second-order valence-electron chi connectivity index (χ2n) is 6.32. The van der Waals surface area contributed by atoms with E-state index in [4.69, 9.17) is 23.7 Å². The first-order valence-electron chi connectivity index (χ1n) is 9.38. The molecular formula is C21H30N2O6. The Morgan fingerprint density at radius 3 is 2.31 bits per heavy atom. The fraction of sp³-hybridized carbons (Fsp3) is 0.476. The Kier molecular flexibility index (Phi) is 8.35. The van der Waals surface area contributed by atoms with Gasteiger partial charge in [-0.15, -0.1) is 0 Å². The normalized spacial score (nSPS) is 10.7. The van der Waals surface area contributed by atoms with E-state index in [1.807, 2.05) is 6.07 Å². The van der Waals surface area contributed by atoms with E-state index in [0.717, 1.165) is 29.8 Å². The van der Waals surface area contributed by atoms with Crippen LogP contribution in [0.25, 0.3) is 11.1 Å². The van der Waals surface area contributed by atoms with Gasteiger partial charge in [0.05, 0.1) is 35.0 Å². The Morgan fingerprint density at radius 2 is 1.76 bits per heavy atom. The summed E-state index contributed by atoms with van der Waals surface area (Å²) in [4.78, 5) is 15.6. The van der Waals surface area contributed by atoms with Gasteiger partial charge in [0.15, 0.2) is 11.5 Å². The largest absolute Gasteiger partial charge is 0.493 e. The summed E-state index contributed by atoms with van der Waals surface area (Å²) in [5.41, 5.74) is 3.45. The number of benzene rings is 1. The number of carbonyl (C=O) groups is 1. The van der Waals surface area contributed by atoms with Crippen molar-refractivity contribution in [3.8, 4) is 28.4 Å². The highest BCUT2D eigenvalue weighted by Crippen LogP contribution is 2.46. The first-order chi connectivity index (χ1) is 14.1. The molecule has 1 aromatic carbocycles. The maximum atomic E-state index is 12.4. The van der Waals surface area contributed by atoms with Crippen LogP contribution in [0, 0.1) is 0 Å². The molecule has 8 nitrogen and oxygen atoms in total. The number of esters is 1. The summed E-state index contributed by atoms with van der Waals surface area (Å²) in [5, 5.41) is 3.37. The van der Waals surface area contributed by atoms with E-state index in [2.05, 4.69) is 17.2 Å². The highest BCUT2D eigenvalue weighted by atomic mass is 16.5. The third kappa shape index (κ3) is 4.65. The van der Waals surface area contributed by atoms with E-state index >= 15 is 0 Å². The van der Waals surface area contributed by atoms with Crippen molar-refractivity contribution >= 4 is 5.97 Å². The van der Waals surface area contributed by atoms with Gasteiger partial charge < -0.3 is 34.0 Å². The van der Waals surface area contributed by atoms with Crippen molar-refractivity contribution in [2.75, 3.05) is 42.1 Å². The van der Waals surface area contributed by atoms with Crippen LogP contribution in [-0.4, -0.2) is 53.0 Å². The van der Waals surface area contributed by atoms with E-state index in [1.165, 1.54) is 7.11 Å². The van der Waals surface area contributed by atoms with Gasteiger partial charge in [-0.2, -0.15) is 0 Å². The van der Waals surface area contributed by atoms with E-state index in [1.54, 1.807) is 34.5 Å². The van der Waals surface area contributed by atoms with Crippen molar-refractivity contribution in [2.45, 2.75) is 26.5 Å². The summed E-state index contributed by atoms with van der Waals surface area (Å²) in [7, 11) is 7.63. The number of methoxy groups -OCH3 is 5. The molecule has 2 N–H and O–H groups in total. The summed E-state index contributed by atoms with van der Waals surface area (Å²) in [6, 6.07) is 3.69. The second-order valence-corrected chi connectivity index (χ2v) is 6.32. The number of hydrogen-bond donors (Lipinski definition) is 2. The molecule has 8 heteroatoms. The molecule has 0 unspecified atom stereocenters.